The molecule has 0 fully saturated rings. The van der Waals surface area contributed by atoms with Gasteiger partial charge in [-0.05, 0) is 25.1 Å². The molecule has 0 saturated carbocycles. The molecule has 0 aliphatic heterocycles. The van der Waals surface area contributed by atoms with Gasteiger partial charge in [-0.2, -0.15) is 0 Å². The maximum atomic E-state index is 13.8. The Bertz CT molecular complexity index is 894. The third-order valence-corrected chi connectivity index (χ3v) is 4.36. The summed E-state index contributed by atoms with van der Waals surface area (Å²) >= 11 is 6.02. The van der Waals surface area contributed by atoms with Crippen molar-refractivity contribution in [3.63, 3.8) is 0 Å². The number of aromatic nitrogens is 1. The summed E-state index contributed by atoms with van der Waals surface area (Å²) in [4.78, 5) is 0. The number of hydrogen-bond donors (Lipinski definition) is 1. The van der Waals surface area contributed by atoms with Gasteiger partial charge in [-0.1, -0.05) is 28.9 Å². The quantitative estimate of drug-likeness (QED) is 0.606. The highest BCUT2D eigenvalue weighted by Crippen LogP contribution is 2.27. The van der Waals surface area contributed by atoms with Crippen LogP contribution >= 0.6 is 11.6 Å². The molecule has 0 spiro atoms. The largest absolute Gasteiger partial charge is 0.496 e. The van der Waals surface area contributed by atoms with Crippen molar-refractivity contribution in [3.05, 3.63) is 75.9 Å². The first-order chi connectivity index (χ1) is 13.1. The first kappa shape index (κ1) is 19.2. The fraction of sp³-hybridized carbons (Fsp3) is 0.250. The van der Waals surface area contributed by atoms with Gasteiger partial charge in [-0.3, -0.25) is 0 Å². The molecule has 142 valence electrons. The molecule has 0 atom stereocenters. The van der Waals surface area contributed by atoms with Crippen LogP contribution in [0.3, 0.4) is 0 Å². The summed E-state index contributed by atoms with van der Waals surface area (Å²) in [5, 5.41) is 7.57. The molecule has 27 heavy (non-hydrogen) atoms. The lowest BCUT2D eigenvalue weighted by atomic mass is 10.2. The van der Waals surface area contributed by atoms with Gasteiger partial charge in [0.15, 0.2) is 0 Å². The van der Waals surface area contributed by atoms with E-state index in [2.05, 4.69) is 10.5 Å². The number of ether oxygens (including phenoxy) is 2. The van der Waals surface area contributed by atoms with Crippen molar-refractivity contribution >= 4 is 11.6 Å². The van der Waals surface area contributed by atoms with E-state index in [9.17, 15) is 4.39 Å². The van der Waals surface area contributed by atoms with Gasteiger partial charge in [0.05, 0.1) is 17.8 Å². The van der Waals surface area contributed by atoms with Crippen molar-refractivity contribution in [1.82, 2.24) is 10.5 Å². The van der Waals surface area contributed by atoms with Crippen LogP contribution in [0.5, 0.6) is 11.5 Å². The monoisotopic (exact) mass is 390 g/mol. The Kier molecular flexibility index (Phi) is 6.32. The van der Waals surface area contributed by atoms with Crippen LogP contribution in [0.4, 0.5) is 4.39 Å². The SMILES string of the molecule is COc1cc(OCc2c(F)cccc2Cl)ccc1CNCc1cc(C)on1. The number of methoxy groups -OCH3 is 1. The summed E-state index contributed by atoms with van der Waals surface area (Å²) < 4.78 is 30.0. The molecule has 5 nitrogen and oxygen atoms in total. The van der Waals surface area contributed by atoms with Crippen LogP contribution in [0.15, 0.2) is 47.0 Å². The number of rotatable bonds is 8. The number of benzene rings is 2. The molecule has 3 aromatic rings. The van der Waals surface area contributed by atoms with Crippen LogP contribution in [-0.4, -0.2) is 12.3 Å². The molecule has 3 rings (SSSR count). The number of aryl methyl sites for hydroxylation is 1. The number of halogens is 2. The van der Waals surface area contributed by atoms with Crippen LogP contribution in [-0.2, 0) is 19.7 Å². The zero-order valence-electron chi connectivity index (χ0n) is 15.1. The summed E-state index contributed by atoms with van der Waals surface area (Å²) in [5.74, 6) is 1.64. The minimum atomic E-state index is -0.390. The fourth-order valence-electron chi connectivity index (χ4n) is 2.61. The Morgan fingerprint density at radius 1 is 1.19 bits per heavy atom. The van der Waals surface area contributed by atoms with Crippen LogP contribution in [0.2, 0.25) is 5.02 Å². The van der Waals surface area contributed by atoms with Crippen molar-refractivity contribution in [2.45, 2.75) is 26.6 Å². The van der Waals surface area contributed by atoms with Gasteiger partial charge in [0.1, 0.15) is 29.7 Å². The van der Waals surface area contributed by atoms with Crippen LogP contribution in [0.25, 0.3) is 0 Å². The first-order valence-corrected chi connectivity index (χ1v) is 8.80. The van der Waals surface area contributed by atoms with Crippen molar-refractivity contribution in [2.24, 2.45) is 0 Å². The molecule has 0 radical (unpaired) electrons. The van der Waals surface area contributed by atoms with Gasteiger partial charge in [0.2, 0.25) is 0 Å². The molecular formula is C20H20ClFN2O3. The standard InChI is InChI=1S/C20H20ClFN2O3/c1-13-8-15(24-27-13)11-23-10-14-6-7-16(9-20(14)25-2)26-12-17-18(21)4-3-5-19(17)22/h3-9,23H,10-12H2,1-2H3. The Morgan fingerprint density at radius 3 is 2.74 bits per heavy atom. The second-order valence-electron chi connectivity index (χ2n) is 5.99. The predicted molar refractivity (Wildman–Crippen MR) is 101 cm³/mol. The van der Waals surface area contributed by atoms with Gasteiger partial charge in [-0.15, -0.1) is 0 Å². The Balaban J connectivity index is 1.61. The summed E-state index contributed by atoms with van der Waals surface area (Å²) in [7, 11) is 1.59. The molecule has 2 aromatic carbocycles. The van der Waals surface area contributed by atoms with E-state index in [1.807, 2.05) is 25.1 Å². The first-order valence-electron chi connectivity index (χ1n) is 8.42. The maximum absolute atomic E-state index is 13.8. The summed E-state index contributed by atoms with van der Waals surface area (Å²) in [6.45, 7) is 3.07. The van der Waals surface area contributed by atoms with Crippen molar-refractivity contribution in [3.8, 4) is 11.5 Å². The average molecular weight is 391 g/mol. The van der Waals surface area contributed by atoms with Gasteiger partial charge >= 0.3 is 0 Å². The maximum Gasteiger partial charge on any atom is 0.133 e. The van der Waals surface area contributed by atoms with E-state index in [1.54, 1.807) is 25.3 Å². The van der Waals surface area contributed by atoms with Crippen LogP contribution < -0.4 is 14.8 Å². The second kappa shape index (κ2) is 8.88. The smallest absolute Gasteiger partial charge is 0.133 e. The number of hydrogen-bond acceptors (Lipinski definition) is 5. The molecular weight excluding hydrogens is 371 g/mol. The Morgan fingerprint density at radius 2 is 2.04 bits per heavy atom. The lowest BCUT2D eigenvalue weighted by Gasteiger charge is -2.13. The van der Waals surface area contributed by atoms with Crippen molar-refractivity contribution in [2.75, 3.05) is 7.11 Å². The summed E-state index contributed by atoms with van der Waals surface area (Å²) in [6.07, 6.45) is 0. The fourth-order valence-corrected chi connectivity index (χ4v) is 2.83. The molecule has 1 N–H and O–H groups in total. The molecule has 0 unspecified atom stereocenters. The highest BCUT2D eigenvalue weighted by atomic mass is 35.5. The molecule has 7 heteroatoms. The summed E-state index contributed by atoms with van der Waals surface area (Å²) in [6, 6.07) is 11.9. The topological polar surface area (TPSA) is 56.5 Å². The normalized spacial score (nSPS) is 10.8. The highest BCUT2D eigenvalue weighted by molar-refractivity contribution is 6.31. The highest BCUT2D eigenvalue weighted by Gasteiger charge is 2.10. The zero-order valence-corrected chi connectivity index (χ0v) is 15.8. The molecule has 0 amide bonds. The van der Waals surface area contributed by atoms with E-state index in [4.69, 9.17) is 25.6 Å². The zero-order chi connectivity index (χ0) is 19.2. The molecule has 0 bridgehead atoms. The van der Waals surface area contributed by atoms with E-state index in [0.717, 1.165) is 17.0 Å². The third-order valence-electron chi connectivity index (χ3n) is 4.00. The van der Waals surface area contributed by atoms with Gasteiger partial charge in [0.25, 0.3) is 0 Å². The van der Waals surface area contributed by atoms with E-state index in [-0.39, 0.29) is 6.61 Å². The third kappa shape index (κ3) is 4.99. The van der Waals surface area contributed by atoms with Crippen LogP contribution in [0, 0.1) is 12.7 Å². The lowest BCUT2D eigenvalue weighted by molar-refractivity contribution is 0.297. The summed E-state index contributed by atoms with van der Waals surface area (Å²) in [5.41, 5.74) is 2.13. The lowest BCUT2D eigenvalue weighted by Crippen LogP contribution is -2.13. The molecule has 0 saturated heterocycles. The second-order valence-corrected chi connectivity index (χ2v) is 6.40. The van der Waals surface area contributed by atoms with Gasteiger partial charge in [0, 0.05) is 36.3 Å². The minimum Gasteiger partial charge on any atom is -0.496 e. The van der Waals surface area contributed by atoms with E-state index < -0.39 is 5.82 Å². The minimum absolute atomic E-state index is 0.0395. The molecule has 1 aromatic heterocycles. The van der Waals surface area contributed by atoms with Gasteiger partial charge in [-0.25, -0.2) is 4.39 Å². The molecule has 0 aliphatic carbocycles. The number of nitrogens with one attached hydrogen (secondary N) is 1. The van der Waals surface area contributed by atoms with Crippen molar-refractivity contribution in [1.29, 1.82) is 0 Å². The predicted octanol–water partition coefficient (Wildman–Crippen LogP) is 4.65. The Hall–Kier alpha value is -2.57. The number of nitrogens with zero attached hydrogens (tertiary/aromatic N) is 1. The van der Waals surface area contributed by atoms with E-state index >= 15 is 0 Å². The van der Waals surface area contributed by atoms with Crippen molar-refractivity contribution < 1.29 is 18.4 Å². The van der Waals surface area contributed by atoms with E-state index in [1.165, 1.54) is 6.07 Å². The van der Waals surface area contributed by atoms with E-state index in [0.29, 0.717) is 35.2 Å². The molecule has 0 aliphatic rings. The van der Waals surface area contributed by atoms with Gasteiger partial charge < -0.3 is 19.3 Å². The average Bonchev–Trinajstić information content (AvgIpc) is 3.07. The molecule has 1 heterocycles. The Labute approximate surface area is 162 Å². The van der Waals surface area contributed by atoms with Crippen LogP contribution in [0.1, 0.15) is 22.6 Å².